The van der Waals surface area contributed by atoms with E-state index in [0.717, 1.165) is 27.3 Å². The fraction of sp³-hybridized carbons (Fsp3) is 0. The maximum absolute atomic E-state index is 9.46. The number of nitrogens with two attached hydrogens (primary N) is 1. The first-order valence-electron chi connectivity index (χ1n) is 8.16. The topological polar surface area (TPSA) is 62.7 Å². The van der Waals surface area contributed by atoms with Crippen LogP contribution in [0.3, 0.4) is 0 Å². The summed E-state index contributed by atoms with van der Waals surface area (Å²) in [6, 6.07) is 26.5. The zero-order valence-corrected chi connectivity index (χ0v) is 14.7. The molecule has 4 rings (SSSR count). The van der Waals surface area contributed by atoms with Crippen molar-refractivity contribution in [2.24, 2.45) is 0 Å². The molecule has 4 heteroatoms. The van der Waals surface area contributed by atoms with Crippen molar-refractivity contribution in [3.8, 4) is 38.9 Å². The minimum absolute atomic E-state index is 0.264. The van der Waals surface area contributed by atoms with Gasteiger partial charge in [0, 0.05) is 16.0 Å². The summed E-state index contributed by atoms with van der Waals surface area (Å²) in [4.78, 5) is 5.46. The van der Waals surface area contributed by atoms with Gasteiger partial charge in [0.25, 0.3) is 0 Å². The van der Waals surface area contributed by atoms with E-state index in [4.69, 9.17) is 5.73 Å². The molecule has 0 aliphatic heterocycles. The van der Waals surface area contributed by atoms with Crippen LogP contribution in [-0.2, 0) is 0 Å². The van der Waals surface area contributed by atoms with Crippen molar-refractivity contribution in [3.63, 3.8) is 0 Å². The smallest absolute Gasteiger partial charge is 0.142 e. The molecule has 4 aromatic rings. The molecule has 0 aliphatic carbocycles. The maximum atomic E-state index is 9.46. The second-order valence-electron chi connectivity index (χ2n) is 5.85. The number of hydrogen-bond acceptors (Lipinski definition) is 4. The molecule has 2 N–H and O–H groups in total. The maximum Gasteiger partial charge on any atom is 0.142 e. The van der Waals surface area contributed by atoms with Crippen LogP contribution in [0, 0.1) is 11.3 Å². The van der Waals surface area contributed by atoms with E-state index in [0.29, 0.717) is 5.56 Å². The Morgan fingerprint density at radius 3 is 2.19 bits per heavy atom. The van der Waals surface area contributed by atoms with Crippen molar-refractivity contribution >= 4 is 17.2 Å². The van der Waals surface area contributed by atoms with Gasteiger partial charge in [-0.1, -0.05) is 60.7 Å². The number of aromatic nitrogens is 1. The van der Waals surface area contributed by atoms with Crippen LogP contribution in [0.4, 0.5) is 5.82 Å². The van der Waals surface area contributed by atoms with Gasteiger partial charge in [-0.05, 0) is 28.6 Å². The lowest BCUT2D eigenvalue weighted by molar-refractivity contribution is 1.31. The lowest BCUT2D eigenvalue weighted by atomic mass is 10.0. The van der Waals surface area contributed by atoms with E-state index in [1.807, 2.05) is 53.9 Å². The summed E-state index contributed by atoms with van der Waals surface area (Å²) >= 11 is 1.58. The van der Waals surface area contributed by atoms with Crippen LogP contribution in [0.1, 0.15) is 5.56 Å². The van der Waals surface area contributed by atoms with Crippen molar-refractivity contribution in [1.29, 1.82) is 5.26 Å². The Bertz CT molecular complexity index is 1080. The molecule has 124 valence electrons. The van der Waals surface area contributed by atoms with Gasteiger partial charge in [0.1, 0.15) is 17.5 Å². The Kier molecular flexibility index (Phi) is 4.22. The summed E-state index contributed by atoms with van der Waals surface area (Å²) < 4.78 is 0. The first kappa shape index (κ1) is 16.1. The summed E-state index contributed by atoms with van der Waals surface area (Å²) in [6.07, 6.45) is 0. The van der Waals surface area contributed by atoms with E-state index in [1.165, 1.54) is 5.56 Å². The SMILES string of the molecule is N#Cc1c(-c2cccs2)cc(-c2ccc(-c3ccccc3)cc2)nc1N. The monoisotopic (exact) mass is 353 g/mol. The molecule has 0 saturated heterocycles. The second-order valence-corrected chi connectivity index (χ2v) is 6.80. The van der Waals surface area contributed by atoms with Crippen LogP contribution >= 0.6 is 11.3 Å². The Morgan fingerprint density at radius 1 is 0.846 bits per heavy atom. The molecular formula is C22H15N3S. The van der Waals surface area contributed by atoms with Gasteiger partial charge in [-0.3, -0.25) is 0 Å². The molecular weight excluding hydrogens is 338 g/mol. The highest BCUT2D eigenvalue weighted by Gasteiger charge is 2.14. The normalized spacial score (nSPS) is 10.4. The quantitative estimate of drug-likeness (QED) is 0.521. The van der Waals surface area contributed by atoms with E-state index in [1.54, 1.807) is 11.3 Å². The Labute approximate surface area is 156 Å². The van der Waals surface area contributed by atoms with Crippen molar-refractivity contribution in [2.75, 3.05) is 5.73 Å². The number of nitriles is 1. The Morgan fingerprint density at radius 2 is 1.54 bits per heavy atom. The fourth-order valence-electron chi connectivity index (χ4n) is 2.92. The first-order chi connectivity index (χ1) is 12.8. The number of anilines is 1. The minimum Gasteiger partial charge on any atom is -0.383 e. The molecule has 0 unspecified atom stereocenters. The van der Waals surface area contributed by atoms with Crippen LogP contribution in [0.2, 0.25) is 0 Å². The third kappa shape index (κ3) is 2.97. The number of rotatable bonds is 3. The van der Waals surface area contributed by atoms with Gasteiger partial charge in [0.15, 0.2) is 0 Å². The number of benzene rings is 2. The van der Waals surface area contributed by atoms with Gasteiger partial charge in [-0.2, -0.15) is 5.26 Å². The van der Waals surface area contributed by atoms with Crippen LogP contribution in [0.15, 0.2) is 78.2 Å². The predicted octanol–water partition coefficient (Wildman–Crippen LogP) is 5.60. The second kappa shape index (κ2) is 6.83. The average molecular weight is 353 g/mol. The number of thiophene rings is 1. The minimum atomic E-state index is 0.264. The number of nitrogen functional groups attached to an aromatic ring is 1. The Balaban J connectivity index is 1.78. The molecule has 3 nitrogen and oxygen atoms in total. The van der Waals surface area contributed by atoms with E-state index >= 15 is 0 Å². The van der Waals surface area contributed by atoms with Crippen molar-refractivity contribution in [1.82, 2.24) is 4.98 Å². The Hall–Kier alpha value is -3.42. The lowest BCUT2D eigenvalue weighted by Crippen LogP contribution is -1.99. The molecule has 0 bridgehead atoms. The van der Waals surface area contributed by atoms with Crippen molar-refractivity contribution in [3.05, 3.63) is 83.7 Å². The predicted molar refractivity (Wildman–Crippen MR) is 108 cm³/mol. The van der Waals surface area contributed by atoms with E-state index < -0.39 is 0 Å². The van der Waals surface area contributed by atoms with Gasteiger partial charge in [-0.15, -0.1) is 11.3 Å². The third-order valence-electron chi connectivity index (χ3n) is 4.23. The molecule has 2 aromatic heterocycles. The number of nitrogens with zero attached hydrogens (tertiary/aromatic N) is 2. The molecule has 26 heavy (non-hydrogen) atoms. The third-order valence-corrected chi connectivity index (χ3v) is 5.14. The van der Waals surface area contributed by atoms with Crippen molar-refractivity contribution in [2.45, 2.75) is 0 Å². The average Bonchev–Trinajstić information content (AvgIpc) is 3.23. The lowest BCUT2D eigenvalue weighted by Gasteiger charge is -2.09. The van der Waals surface area contributed by atoms with Crippen LogP contribution in [-0.4, -0.2) is 4.98 Å². The fourth-order valence-corrected chi connectivity index (χ4v) is 3.67. The zero-order valence-electron chi connectivity index (χ0n) is 13.9. The summed E-state index contributed by atoms with van der Waals surface area (Å²) in [6.45, 7) is 0. The molecule has 2 heterocycles. The van der Waals surface area contributed by atoms with Gasteiger partial charge in [-0.25, -0.2) is 4.98 Å². The highest BCUT2D eigenvalue weighted by molar-refractivity contribution is 7.13. The summed E-state index contributed by atoms with van der Waals surface area (Å²) in [5.41, 5.74) is 11.4. The highest BCUT2D eigenvalue weighted by Crippen LogP contribution is 2.34. The first-order valence-corrected chi connectivity index (χ1v) is 9.04. The molecule has 0 amide bonds. The van der Waals surface area contributed by atoms with Crippen LogP contribution in [0.25, 0.3) is 32.8 Å². The van der Waals surface area contributed by atoms with Crippen LogP contribution in [0.5, 0.6) is 0 Å². The summed E-state index contributed by atoms with van der Waals surface area (Å²) in [5.74, 6) is 0.264. The molecule has 0 saturated carbocycles. The summed E-state index contributed by atoms with van der Waals surface area (Å²) in [5, 5.41) is 11.4. The van der Waals surface area contributed by atoms with Gasteiger partial charge in [0.05, 0.1) is 5.69 Å². The number of pyridine rings is 1. The van der Waals surface area contributed by atoms with Crippen molar-refractivity contribution < 1.29 is 0 Å². The summed E-state index contributed by atoms with van der Waals surface area (Å²) in [7, 11) is 0. The van der Waals surface area contributed by atoms with Gasteiger partial charge >= 0.3 is 0 Å². The molecule has 0 atom stereocenters. The van der Waals surface area contributed by atoms with E-state index in [9.17, 15) is 5.26 Å². The molecule has 0 spiro atoms. The van der Waals surface area contributed by atoms with E-state index in [-0.39, 0.29) is 5.82 Å². The molecule has 0 aliphatic rings. The largest absolute Gasteiger partial charge is 0.383 e. The molecule has 0 radical (unpaired) electrons. The van der Waals surface area contributed by atoms with Gasteiger partial charge < -0.3 is 5.73 Å². The van der Waals surface area contributed by atoms with Crippen LogP contribution < -0.4 is 5.73 Å². The van der Waals surface area contributed by atoms with Gasteiger partial charge in [0.2, 0.25) is 0 Å². The van der Waals surface area contributed by atoms with E-state index in [2.05, 4.69) is 35.3 Å². The molecule has 2 aromatic carbocycles. The standard InChI is InChI=1S/C22H15N3S/c23-14-19-18(21-7-4-12-26-21)13-20(25-22(19)24)17-10-8-16(9-11-17)15-5-2-1-3-6-15/h1-13H,(H2,24,25). The number of hydrogen-bond donors (Lipinski definition) is 1. The zero-order chi connectivity index (χ0) is 17.9. The highest BCUT2D eigenvalue weighted by atomic mass is 32.1. The molecule has 0 fully saturated rings.